The third-order valence-electron chi connectivity index (χ3n) is 14.1. The van der Waals surface area contributed by atoms with E-state index in [1.165, 1.54) is 18.2 Å². The van der Waals surface area contributed by atoms with Crippen LogP contribution in [-0.2, 0) is 36.3 Å². The highest BCUT2D eigenvalue weighted by atomic mass is 28.4. The van der Waals surface area contributed by atoms with Crippen molar-refractivity contribution in [3.8, 4) is 11.5 Å². The van der Waals surface area contributed by atoms with E-state index in [4.69, 9.17) is 4.43 Å². The van der Waals surface area contributed by atoms with Crippen LogP contribution in [0, 0.1) is 23.3 Å². The van der Waals surface area contributed by atoms with E-state index in [1.807, 2.05) is 81.4 Å². The highest BCUT2D eigenvalue weighted by Gasteiger charge is 2.53. The van der Waals surface area contributed by atoms with Crippen molar-refractivity contribution < 1.29 is 89.4 Å². The van der Waals surface area contributed by atoms with Crippen molar-refractivity contribution in [2.24, 2.45) is 0 Å². The summed E-state index contributed by atoms with van der Waals surface area (Å²) in [6, 6.07) is 41.1. The summed E-state index contributed by atoms with van der Waals surface area (Å²) in [7, 11) is -3.45. The SMILES string of the molecule is CC(C)(C)[Si](Oc1cc(F)cc([C@](Cc2ccccc2)(NC(=O)NCC(F)(F)F)c2ccc(F)c(C(F)(F)F)c2)c1)(c1ccccc1)c1ccccc1.O=C(NCC(F)(F)F)N[C@@](Cc1ccccc1)(c1cc(O)cc(F)c1)c1ccc(F)c(C(F)(F)F)c1. The Bertz CT molecular complexity index is 3660. The maximum atomic E-state index is 16.1. The van der Waals surface area contributed by atoms with E-state index < -0.39 is 133 Å². The second kappa shape index (κ2) is 26.8. The molecule has 0 unspecified atom stereocenters. The van der Waals surface area contributed by atoms with Crippen molar-refractivity contribution in [3.63, 3.8) is 0 Å². The van der Waals surface area contributed by atoms with Crippen LogP contribution in [0.5, 0.6) is 11.5 Å². The van der Waals surface area contributed by atoms with E-state index in [0.717, 1.165) is 46.8 Å². The van der Waals surface area contributed by atoms with Crippen LogP contribution < -0.4 is 36.1 Å². The van der Waals surface area contributed by atoms with Crippen LogP contribution in [-0.4, -0.2) is 50.9 Å². The molecule has 0 bridgehead atoms. The van der Waals surface area contributed by atoms with Gasteiger partial charge in [-0.15, -0.1) is 0 Å². The Morgan fingerprint density at radius 1 is 0.438 bits per heavy atom. The first kappa shape index (κ1) is 67.5. The third-order valence-corrected chi connectivity index (χ3v) is 19.1. The monoisotopic (exact) mass is 1270 g/mol. The molecule has 0 aliphatic rings. The number of carbonyl (C=O) groups is 2. The number of carbonyl (C=O) groups excluding carboxylic acids is 2. The standard InChI is InChI=1S/C40H36F8N2O2Si.C24H18F8N2O2/c1-37(2,3)53(32-15-9-5-10-16-32,33-17-11-6-12-18-33)52-31-22-29(21-30(41)24-31)38(25-27-13-7-4-8-14-27,50-36(51)49-26-39(43,44)45)28-19-20-35(42)34(23-28)40(46,47)48;25-17-8-16(9-18(35)11-17)22(12-14-4-2-1-3-5-14,34-21(36)33-13-23(27,28)29)15-6-7-20(26)19(10-15)24(30,31)32/h4-24H,25-26H2,1-3H3,(H2,49,50,51);1-11,35H,12-13H2,(H2,33,34,36)/t38-;22-/m11/s1. The van der Waals surface area contributed by atoms with Gasteiger partial charge in [0.1, 0.15) is 47.9 Å². The first-order chi connectivity index (χ1) is 41.5. The lowest BCUT2D eigenvalue weighted by Gasteiger charge is -2.43. The maximum Gasteiger partial charge on any atom is 0.419 e. The highest BCUT2D eigenvalue weighted by Crippen LogP contribution is 2.44. The molecule has 0 fully saturated rings. The smallest absolute Gasteiger partial charge is 0.419 e. The van der Waals surface area contributed by atoms with E-state index in [2.05, 4.69) is 10.6 Å². The number of phenolic OH excluding ortho intramolecular Hbond substituents is 1. The topological polar surface area (TPSA) is 112 Å². The summed E-state index contributed by atoms with van der Waals surface area (Å²) in [5, 5.41) is 18.9. The Morgan fingerprint density at radius 3 is 1.15 bits per heavy atom. The van der Waals surface area contributed by atoms with Gasteiger partial charge in [-0.3, -0.25) is 0 Å². The molecule has 0 aliphatic carbocycles. The zero-order valence-corrected chi connectivity index (χ0v) is 48.0. The Balaban J connectivity index is 0.000000273. The van der Waals surface area contributed by atoms with E-state index >= 15 is 4.39 Å². The minimum absolute atomic E-state index is 0.0533. The van der Waals surface area contributed by atoms with E-state index in [0.29, 0.717) is 41.5 Å². The summed E-state index contributed by atoms with van der Waals surface area (Å²) >= 11 is 0. The van der Waals surface area contributed by atoms with Gasteiger partial charge < -0.3 is 30.8 Å². The Morgan fingerprint density at radius 2 is 0.798 bits per heavy atom. The van der Waals surface area contributed by atoms with Gasteiger partial charge >= 0.3 is 45.1 Å². The van der Waals surface area contributed by atoms with Crippen molar-refractivity contribution in [1.29, 1.82) is 0 Å². The minimum Gasteiger partial charge on any atom is -0.534 e. The predicted molar refractivity (Wildman–Crippen MR) is 303 cm³/mol. The molecule has 0 saturated carbocycles. The summed E-state index contributed by atoms with van der Waals surface area (Å²) in [6.45, 7) is 2.38. The molecule has 0 spiro atoms. The van der Waals surface area contributed by atoms with Crippen molar-refractivity contribution in [1.82, 2.24) is 21.3 Å². The van der Waals surface area contributed by atoms with Gasteiger partial charge in [0.2, 0.25) is 0 Å². The lowest BCUT2D eigenvalue weighted by atomic mass is 9.77. The molecule has 8 nitrogen and oxygen atoms in total. The van der Waals surface area contributed by atoms with Crippen LogP contribution in [0.3, 0.4) is 0 Å². The van der Waals surface area contributed by atoms with Crippen LogP contribution in [0.1, 0.15) is 65.3 Å². The molecule has 8 aromatic carbocycles. The molecule has 0 radical (unpaired) electrons. The van der Waals surface area contributed by atoms with Crippen molar-refractivity contribution in [2.45, 2.75) is 74.4 Å². The number of hydrogen-bond acceptors (Lipinski definition) is 4. The predicted octanol–water partition coefficient (Wildman–Crippen LogP) is 15.3. The van der Waals surface area contributed by atoms with E-state index in [1.54, 1.807) is 59.2 Å². The zero-order valence-electron chi connectivity index (χ0n) is 47.0. The molecule has 8 rings (SSSR count). The fraction of sp³-hybridized carbons (Fsp3) is 0.219. The Labute approximate surface area is 500 Å². The molecule has 8 aromatic rings. The van der Waals surface area contributed by atoms with Gasteiger partial charge in [-0.2, -0.15) is 52.7 Å². The van der Waals surface area contributed by atoms with Crippen molar-refractivity contribution in [2.75, 3.05) is 13.1 Å². The van der Waals surface area contributed by atoms with Crippen LogP contribution in [0.4, 0.5) is 79.8 Å². The number of hydrogen-bond donors (Lipinski definition) is 5. The van der Waals surface area contributed by atoms with Crippen LogP contribution in [0.2, 0.25) is 5.04 Å². The number of benzene rings is 8. The Kier molecular flexibility index (Phi) is 20.3. The summed E-state index contributed by atoms with van der Waals surface area (Å²) in [4.78, 5) is 25.9. The second-order valence-corrected chi connectivity index (χ2v) is 25.7. The summed E-state index contributed by atoms with van der Waals surface area (Å²) in [5.41, 5.74) is -8.29. The van der Waals surface area contributed by atoms with Crippen LogP contribution in [0.25, 0.3) is 0 Å². The first-order valence-electron chi connectivity index (χ1n) is 26.7. The lowest BCUT2D eigenvalue weighted by Crippen LogP contribution is -2.68. The number of aromatic hydroxyl groups is 1. The summed E-state index contributed by atoms with van der Waals surface area (Å²) < 4.78 is 227. The second-order valence-electron chi connectivity index (χ2n) is 21.5. The van der Waals surface area contributed by atoms with Crippen LogP contribution >= 0.6 is 0 Å². The summed E-state index contributed by atoms with van der Waals surface area (Å²) in [5.74, 6) is -5.93. The molecule has 4 amide bonds. The van der Waals surface area contributed by atoms with Crippen molar-refractivity contribution >= 4 is 30.8 Å². The van der Waals surface area contributed by atoms with Crippen LogP contribution in [0.15, 0.2) is 194 Å². The van der Waals surface area contributed by atoms with Gasteiger partial charge in [0, 0.05) is 25.0 Å². The average molecular weight is 1280 g/mol. The van der Waals surface area contributed by atoms with Gasteiger partial charge in [-0.1, -0.05) is 154 Å². The zero-order chi connectivity index (χ0) is 65.4. The van der Waals surface area contributed by atoms with E-state index in [-0.39, 0.29) is 22.4 Å². The minimum atomic E-state index is -5.20. The molecule has 5 N–H and O–H groups in total. The van der Waals surface area contributed by atoms with Gasteiger partial charge in [0.25, 0.3) is 0 Å². The molecule has 0 aromatic heterocycles. The Hall–Kier alpha value is -9.00. The quantitative estimate of drug-likeness (QED) is 0.0490. The number of nitrogens with one attached hydrogen (secondary N) is 4. The number of amides is 4. The fourth-order valence-electron chi connectivity index (χ4n) is 10.3. The molecule has 0 aliphatic heterocycles. The molecule has 0 saturated heterocycles. The molecular weight excluding hydrogens is 1220 g/mol. The van der Waals surface area contributed by atoms with E-state index in [9.17, 15) is 80.6 Å². The van der Waals surface area contributed by atoms with Gasteiger partial charge in [0.05, 0.1) is 22.2 Å². The maximum absolute atomic E-state index is 16.1. The highest BCUT2D eigenvalue weighted by molar-refractivity contribution is 7.00. The average Bonchev–Trinajstić information content (AvgIpc) is 0.769. The molecule has 470 valence electrons. The molecule has 25 heteroatoms. The number of halogens is 16. The largest absolute Gasteiger partial charge is 0.534 e. The number of rotatable bonds is 16. The lowest BCUT2D eigenvalue weighted by molar-refractivity contribution is -0.140. The van der Waals surface area contributed by atoms with Crippen molar-refractivity contribution in [3.05, 3.63) is 262 Å². The number of alkyl halides is 12. The molecule has 2 atom stereocenters. The molecule has 89 heavy (non-hydrogen) atoms. The number of phenols is 1. The third kappa shape index (κ3) is 16.8. The van der Waals surface area contributed by atoms with Gasteiger partial charge in [-0.05, 0) is 97.3 Å². The first-order valence-corrected chi connectivity index (χ1v) is 28.6. The molecule has 0 heterocycles. The fourth-order valence-corrected chi connectivity index (χ4v) is 14.7. The normalized spacial score (nSPS) is 13.6. The van der Waals surface area contributed by atoms with Gasteiger partial charge in [-0.25, -0.2) is 27.2 Å². The van der Waals surface area contributed by atoms with Gasteiger partial charge in [0.15, 0.2) is 0 Å². The number of urea groups is 2. The molecular formula is C64H54F16N4O4Si. The summed E-state index contributed by atoms with van der Waals surface area (Å²) in [6.07, 6.45) is -20.8.